The molecule has 1 aromatic carbocycles. The first-order valence-electron chi connectivity index (χ1n) is 9.74. The van der Waals surface area contributed by atoms with Crippen LogP contribution >= 0.6 is 0 Å². The van der Waals surface area contributed by atoms with Crippen LogP contribution in [-0.4, -0.2) is 44.9 Å². The molecule has 1 saturated carbocycles. The van der Waals surface area contributed by atoms with E-state index in [4.69, 9.17) is 9.84 Å². The average molecular weight is 390 g/mol. The quantitative estimate of drug-likeness (QED) is 0.514. The molecule has 0 atom stereocenters. The van der Waals surface area contributed by atoms with Gasteiger partial charge in [0.15, 0.2) is 5.65 Å². The number of H-pyrrole nitrogens is 1. The number of rotatable bonds is 4. The summed E-state index contributed by atoms with van der Waals surface area (Å²) < 4.78 is 6.89. The molecule has 4 aromatic rings. The molecule has 29 heavy (non-hydrogen) atoms. The van der Waals surface area contributed by atoms with Gasteiger partial charge in [-0.3, -0.25) is 0 Å². The summed E-state index contributed by atoms with van der Waals surface area (Å²) in [5.41, 5.74) is 5.04. The first kappa shape index (κ1) is 17.7. The van der Waals surface area contributed by atoms with Crippen LogP contribution in [0.4, 0.5) is 5.82 Å². The van der Waals surface area contributed by atoms with E-state index in [9.17, 15) is 4.79 Å². The molecule has 0 aliphatic heterocycles. The Kier molecular flexibility index (Phi) is 4.01. The number of esters is 1. The standard InChI is InChI=1S/C21H22N6O2/c1-11-14-8-7-12(21(28)29-3)9-15(14)25-17(11)18-16-19(22-2)23-10-24-20(16)27(26-18)13-5-4-6-13/h7-10,13,25H,4-6H2,1-3H3,(H,22,23,24). The number of anilines is 1. The van der Waals surface area contributed by atoms with Crippen molar-refractivity contribution in [1.29, 1.82) is 0 Å². The van der Waals surface area contributed by atoms with Crippen LogP contribution in [-0.2, 0) is 4.74 Å². The molecule has 3 heterocycles. The van der Waals surface area contributed by atoms with E-state index in [0.717, 1.165) is 57.5 Å². The van der Waals surface area contributed by atoms with Gasteiger partial charge in [0.05, 0.1) is 29.8 Å². The van der Waals surface area contributed by atoms with Crippen molar-refractivity contribution in [2.75, 3.05) is 19.5 Å². The number of carbonyl (C=O) groups excluding carboxylic acids is 1. The van der Waals surface area contributed by atoms with Crippen LogP contribution in [0.15, 0.2) is 24.5 Å². The van der Waals surface area contributed by atoms with Gasteiger partial charge in [-0.2, -0.15) is 5.10 Å². The summed E-state index contributed by atoms with van der Waals surface area (Å²) >= 11 is 0. The van der Waals surface area contributed by atoms with Gasteiger partial charge >= 0.3 is 5.97 Å². The van der Waals surface area contributed by atoms with E-state index in [-0.39, 0.29) is 5.97 Å². The Hall–Kier alpha value is -3.42. The lowest BCUT2D eigenvalue weighted by Gasteiger charge is -2.25. The SMILES string of the molecule is CNc1ncnc2c1c(-c1[nH]c3cc(C(=O)OC)ccc3c1C)nn2C1CCC1. The summed E-state index contributed by atoms with van der Waals surface area (Å²) in [5.74, 6) is 0.398. The summed E-state index contributed by atoms with van der Waals surface area (Å²) in [5, 5.41) is 10.1. The molecule has 3 aromatic heterocycles. The Labute approximate surface area is 167 Å². The van der Waals surface area contributed by atoms with E-state index >= 15 is 0 Å². The molecule has 5 rings (SSSR count). The fourth-order valence-corrected chi connectivity index (χ4v) is 4.04. The smallest absolute Gasteiger partial charge is 0.337 e. The van der Waals surface area contributed by atoms with Gasteiger partial charge in [-0.15, -0.1) is 0 Å². The molecule has 2 N–H and O–H groups in total. The van der Waals surface area contributed by atoms with Crippen LogP contribution < -0.4 is 5.32 Å². The Morgan fingerprint density at radius 1 is 1.31 bits per heavy atom. The number of fused-ring (bicyclic) bond motifs is 2. The van der Waals surface area contributed by atoms with Crippen LogP contribution in [0.2, 0.25) is 0 Å². The third-order valence-electron chi connectivity index (χ3n) is 5.86. The zero-order chi connectivity index (χ0) is 20.1. The fourth-order valence-electron chi connectivity index (χ4n) is 4.04. The summed E-state index contributed by atoms with van der Waals surface area (Å²) in [4.78, 5) is 24.3. The minimum absolute atomic E-state index is 0.355. The first-order chi connectivity index (χ1) is 14.1. The molecule has 0 radical (unpaired) electrons. The molecule has 0 amide bonds. The highest BCUT2D eigenvalue weighted by Gasteiger charge is 2.27. The number of nitrogens with one attached hydrogen (secondary N) is 2. The van der Waals surface area contributed by atoms with Crippen molar-refractivity contribution >= 4 is 33.7 Å². The summed E-state index contributed by atoms with van der Waals surface area (Å²) in [6.07, 6.45) is 5.02. The minimum Gasteiger partial charge on any atom is -0.465 e. The minimum atomic E-state index is -0.355. The number of carbonyl (C=O) groups is 1. The molecule has 0 bridgehead atoms. The van der Waals surface area contributed by atoms with Gasteiger partial charge in [0.2, 0.25) is 0 Å². The molecule has 148 valence electrons. The number of aromatic nitrogens is 5. The molecular weight excluding hydrogens is 368 g/mol. The number of hydrogen-bond acceptors (Lipinski definition) is 6. The van der Waals surface area contributed by atoms with Gasteiger partial charge in [-0.1, -0.05) is 6.07 Å². The van der Waals surface area contributed by atoms with Crippen molar-refractivity contribution in [3.05, 3.63) is 35.7 Å². The van der Waals surface area contributed by atoms with Crippen molar-refractivity contribution in [2.24, 2.45) is 0 Å². The first-order valence-corrected chi connectivity index (χ1v) is 9.74. The molecule has 0 unspecified atom stereocenters. The molecule has 8 nitrogen and oxygen atoms in total. The topological polar surface area (TPSA) is 97.7 Å². The lowest BCUT2D eigenvalue weighted by atomic mass is 9.93. The highest BCUT2D eigenvalue weighted by Crippen LogP contribution is 2.40. The van der Waals surface area contributed by atoms with Gasteiger partial charge in [-0.25, -0.2) is 19.4 Å². The van der Waals surface area contributed by atoms with Crippen LogP contribution in [0.25, 0.3) is 33.3 Å². The van der Waals surface area contributed by atoms with E-state index in [1.54, 1.807) is 12.4 Å². The predicted molar refractivity (Wildman–Crippen MR) is 111 cm³/mol. The van der Waals surface area contributed by atoms with Gasteiger partial charge < -0.3 is 15.0 Å². The fraction of sp³-hybridized carbons (Fsp3) is 0.333. The van der Waals surface area contributed by atoms with Crippen molar-refractivity contribution in [1.82, 2.24) is 24.7 Å². The second kappa shape index (κ2) is 6.58. The molecule has 1 aliphatic carbocycles. The van der Waals surface area contributed by atoms with E-state index in [1.807, 2.05) is 23.9 Å². The Morgan fingerprint density at radius 2 is 2.14 bits per heavy atom. The zero-order valence-corrected chi connectivity index (χ0v) is 16.6. The zero-order valence-electron chi connectivity index (χ0n) is 16.6. The van der Waals surface area contributed by atoms with Crippen LogP contribution in [0.3, 0.4) is 0 Å². The number of nitrogens with zero attached hydrogens (tertiary/aromatic N) is 4. The van der Waals surface area contributed by atoms with E-state index in [0.29, 0.717) is 11.6 Å². The monoisotopic (exact) mass is 390 g/mol. The Bertz CT molecular complexity index is 1250. The van der Waals surface area contributed by atoms with E-state index < -0.39 is 0 Å². The van der Waals surface area contributed by atoms with Crippen molar-refractivity contribution in [2.45, 2.75) is 32.2 Å². The second-order valence-electron chi connectivity index (χ2n) is 7.43. The maximum Gasteiger partial charge on any atom is 0.337 e. The number of aryl methyl sites for hydroxylation is 1. The maximum absolute atomic E-state index is 11.9. The Balaban J connectivity index is 1.76. The molecule has 1 fully saturated rings. The predicted octanol–water partition coefficient (Wildman–Crippen LogP) is 3.84. The lowest BCUT2D eigenvalue weighted by molar-refractivity contribution is 0.0601. The third kappa shape index (κ3) is 2.59. The number of benzene rings is 1. The molecule has 1 aliphatic rings. The summed E-state index contributed by atoms with van der Waals surface area (Å²) in [6, 6.07) is 5.92. The third-order valence-corrected chi connectivity index (χ3v) is 5.86. The van der Waals surface area contributed by atoms with E-state index in [2.05, 4.69) is 27.2 Å². The van der Waals surface area contributed by atoms with Crippen molar-refractivity contribution < 1.29 is 9.53 Å². The molecule has 8 heteroatoms. The van der Waals surface area contributed by atoms with Gasteiger partial charge in [0, 0.05) is 18.0 Å². The van der Waals surface area contributed by atoms with Crippen molar-refractivity contribution in [3.63, 3.8) is 0 Å². The van der Waals surface area contributed by atoms with Crippen molar-refractivity contribution in [3.8, 4) is 11.4 Å². The molecule has 0 spiro atoms. The highest BCUT2D eigenvalue weighted by molar-refractivity contribution is 6.03. The van der Waals surface area contributed by atoms with Crippen LogP contribution in [0.5, 0.6) is 0 Å². The second-order valence-corrected chi connectivity index (χ2v) is 7.43. The normalized spacial score (nSPS) is 14.3. The summed E-state index contributed by atoms with van der Waals surface area (Å²) in [7, 11) is 3.24. The highest BCUT2D eigenvalue weighted by atomic mass is 16.5. The number of hydrogen-bond donors (Lipinski definition) is 2. The van der Waals surface area contributed by atoms with Crippen LogP contribution in [0.1, 0.15) is 41.2 Å². The van der Waals surface area contributed by atoms with Gasteiger partial charge in [0.1, 0.15) is 17.8 Å². The maximum atomic E-state index is 11.9. The molecular formula is C21H22N6O2. The van der Waals surface area contributed by atoms with Gasteiger partial charge in [0.25, 0.3) is 0 Å². The van der Waals surface area contributed by atoms with E-state index in [1.165, 1.54) is 13.5 Å². The number of methoxy groups -OCH3 is 1. The van der Waals surface area contributed by atoms with Crippen LogP contribution in [0, 0.1) is 6.92 Å². The summed E-state index contributed by atoms with van der Waals surface area (Å²) in [6.45, 7) is 2.06. The lowest BCUT2D eigenvalue weighted by Crippen LogP contribution is -2.18. The van der Waals surface area contributed by atoms with Gasteiger partial charge in [-0.05, 0) is 43.9 Å². The number of aromatic amines is 1. The Morgan fingerprint density at radius 3 is 2.83 bits per heavy atom. The largest absolute Gasteiger partial charge is 0.465 e. The average Bonchev–Trinajstić information content (AvgIpc) is 3.24. The number of ether oxygens (including phenoxy) is 1. The molecule has 0 saturated heterocycles.